The lowest BCUT2D eigenvalue weighted by Gasteiger charge is -1.96. The summed E-state index contributed by atoms with van der Waals surface area (Å²) < 4.78 is 4.61. The van der Waals surface area contributed by atoms with Gasteiger partial charge in [-0.2, -0.15) is 0 Å². The maximum absolute atomic E-state index is 2.31. The Morgan fingerprint density at radius 3 is 2.44 bits per heavy atom. The largest absolute Gasteiger partial charge is 1.00 e. The third-order valence-corrected chi connectivity index (χ3v) is 2.79. The molecule has 2 nitrogen and oxygen atoms in total. The quantitative estimate of drug-likeness (QED) is 0.476. The van der Waals surface area contributed by atoms with E-state index < -0.39 is 0 Å². The second kappa shape index (κ2) is 9.88. The summed E-state index contributed by atoms with van der Waals surface area (Å²) in [6.07, 6.45) is 14.6. The number of hydrogen-bond donors (Lipinski definition) is 0. The maximum Gasteiger partial charge on any atom is 0.243 e. The number of imidazole rings is 1. The number of nitrogens with zero attached hydrogens (tertiary/aromatic N) is 2. The molecule has 0 atom stereocenters. The van der Waals surface area contributed by atoms with Crippen molar-refractivity contribution in [3.63, 3.8) is 0 Å². The van der Waals surface area contributed by atoms with Crippen molar-refractivity contribution in [2.75, 3.05) is 0 Å². The first-order valence-corrected chi connectivity index (χ1v) is 6.41. The van der Waals surface area contributed by atoms with Gasteiger partial charge < -0.3 is 17.0 Å². The van der Waals surface area contributed by atoms with Gasteiger partial charge in [0.2, 0.25) is 6.33 Å². The summed E-state index contributed by atoms with van der Waals surface area (Å²) in [5.74, 6) is 0. The zero-order valence-corrected chi connectivity index (χ0v) is 12.2. The SMILES string of the molecule is CCCCCC[n+]1ccn(CCCC)c1.[Br-]. The average Bonchev–Trinajstić information content (AvgIpc) is 2.69. The van der Waals surface area contributed by atoms with E-state index >= 15 is 0 Å². The maximum atomic E-state index is 2.31. The monoisotopic (exact) mass is 288 g/mol. The van der Waals surface area contributed by atoms with Crippen molar-refractivity contribution in [1.29, 1.82) is 0 Å². The van der Waals surface area contributed by atoms with E-state index in [-0.39, 0.29) is 17.0 Å². The Labute approximate surface area is 110 Å². The van der Waals surface area contributed by atoms with Gasteiger partial charge in [-0.15, -0.1) is 0 Å². The molecule has 0 saturated carbocycles. The van der Waals surface area contributed by atoms with Crippen LogP contribution in [0, 0.1) is 0 Å². The first kappa shape index (κ1) is 15.7. The molecule has 0 bridgehead atoms. The summed E-state index contributed by atoms with van der Waals surface area (Å²) in [7, 11) is 0. The molecule has 0 spiro atoms. The average molecular weight is 289 g/mol. The molecule has 0 aromatic carbocycles. The highest BCUT2D eigenvalue weighted by Crippen LogP contribution is 1.99. The molecule has 0 unspecified atom stereocenters. The summed E-state index contributed by atoms with van der Waals surface area (Å²) in [4.78, 5) is 0. The molecular formula is C13H25BrN2. The topological polar surface area (TPSA) is 8.81 Å². The van der Waals surface area contributed by atoms with E-state index in [1.54, 1.807) is 0 Å². The van der Waals surface area contributed by atoms with E-state index in [9.17, 15) is 0 Å². The van der Waals surface area contributed by atoms with Crippen LogP contribution in [0.5, 0.6) is 0 Å². The third kappa shape index (κ3) is 6.31. The Kier molecular flexibility index (Phi) is 9.69. The zero-order valence-electron chi connectivity index (χ0n) is 10.7. The fraction of sp³-hybridized carbons (Fsp3) is 0.769. The molecule has 0 fully saturated rings. The van der Waals surface area contributed by atoms with Crippen LogP contribution in [0.2, 0.25) is 0 Å². The van der Waals surface area contributed by atoms with Crippen LogP contribution in [-0.4, -0.2) is 4.57 Å². The van der Waals surface area contributed by atoms with Crippen molar-refractivity contribution < 1.29 is 21.5 Å². The molecule has 1 rings (SSSR count). The third-order valence-electron chi connectivity index (χ3n) is 2.79. The summed E-state index contributed by atoms with van der Waals surface area (Å²) in [6.45, 7) is 6.84. The standard InChI is InChI=1S/C13H25N2.BrH/c1-3-5-7-8-10-15-12-11-14(13-15)9-6-4-2;/h11-13H,3-10H2,1-2H3;1H/q+1;/p-1. The number of unbranched alkanes of at least 4 members (excludes halogenated alkanes) is 4. The number of halogens is 1. The minimum Gasteiger partial charge on any atom is -1.00 e. The van der Waals surface area contributed by atoms with Gasteiger partial charge >= 0.3 is 0 Å². The van der Waals surface area contributed by atoms with Crippen molar-refractivity contribution >= 4 is 0 Å². The van der Waals surface area contributed by atoms with Gasteiger partial charge in [-0.05, 0) is 19.3 Å². The van der Waals surface area contributed by atoms with E-state index in [4.69, 9.17) is 0 Å². The Hall–Kier alpha value is -0.310. The Bertz CT molecular complexity index is 258. The second-order valence-electron chi connectivity index (χ2n) is 4.30. The van der Waals surface area contributed by atoms with Crippen molar-refractivity contribution in [1.82, 2.24) is 4.57 Å². The Balaban J connectivity index is 0.00000225. The highest BCUT2D eigenvalue weighted by atomic mass is 79.9. The van der Waals surface area contributed by atoms with Crippen LogP contribution in [0.25, 0.3) is 0 Å². The minimum atomic E-state index is 0. The molecule has 1 heterocycles. The lowest BCUT2D eigenvalue weighted by molar-refractivity contribution is -0.696. The van der Waals surface area contributed by atoms with E-state index in [1.165, 1.54) is 51.6 Å². The van der Waals surface area contributed by atoms with Crippen molar-refractivity contribution in [3.8, 4) is 0 Å². The number of rotatable bonds is 8. The zero-order chi connectivity index (χ0) is 10.9. The van der Waals surface area contributed by atoms with Crippen LogP contribution in [0.1, 0.15) is 52.4 Å². The van der Waals surface area contributed by atoms with Gasteiger partial charge in [-0.3, -0.25) is 0 Å². The molecule has 3 heteroatoms. The van der Waals surface area contributed by atoms with Crippen LogP contribution in [-0.2, 0) is 13.1 Å². The van der Waals surface area contributed by atoms with Crippen LogP contribution < -0.4 is 21.5 Å². The van der Waals surface area contributed by atoms with E-state index in [0.717, 1.165) is 0 Å². The molecule has 0 aliphatic heterocycles. The molecule has 0 radical (unpaired) electrons. The Morgan fingerprint density at radius 1 is 1.00 bits per heavy atom. The van der Waals surface area contributed by atoms with E-state index in [2.05, 4.69) is 41.7 Å². The minimum absolute atomic E-state index is 0. The van der Waals surface area contributed by atoms with E-state index in [0.29, 0.717) is 0 Å². The first-order valence-electron chi connectivity index (χ1n) is 6.41. The fourth-order valence-corrected chi connectivity index (χ4v) is 1.77. The highest BCUT2D eigenvalue weighted by molar-refractivity contribution is 4.65. The van der Waals surface area contributed by atoms with Crippen LogP contribution in [0.4, 0.5) is 0 Å². The summed E-state index contributed by atoms with van der Waals surface area (Å²) in [5, 5.41) is 0. The fourth-order valence-electron chi connectivity index (χ4n) is 1.77. The summed E-state index contributed by atoms with van der Waals surface area (Å²) in [6, 6.07) is 0. The van der Waals surface area contributed by atoms with Gasteiger partial charge in [0, 0.05) is 0 Å². The molecule has 0 aliphatic rings. The van der Waals surface area contributed by atoms with Crippen LogP contribution >= 0.6 is 0 Å². The van der Waals surface area contributed by atoms with Gasteiger partial charge in [0.05, 0.1) is 13.1 Å². The van der Waals surface area contributed by atoms with Gasteiger partial charge in [0.25, 0.3) is 0 Å². The van der Waals surface area contributed by atoms with Crippen molar-refractivity contribution in [3.05, 3.63) is 18.7 Å². The molecule has 0 saturated heterocycles. The normalized spacial score (nSPS) is 10.1. The van der Waals surface area contributed by atoms with Gasteiger partial charge in [0.15, 0.2) is 0 Å². The van der Waals surface area contributed by atoms with Crippen molar-refractivity contribution in [2.24, 2.45) is 0 Å². The molecule has 1 aromatic rings. The molecule has 0 N–H and O–H groups in total. The lowest BCUT2D eigenvalue weighted by atomic mass is 10.2. The number of aromatic nitrogens is 2. The highest BCUT2D eigenvalue weighted by Gasteiger charge is 2.02. The summed E-state index contributed by atoms with van der Waals surface area (Å²) in [5.41, 5.74) is 0. The smallest absolute Gasteiger partial charge is 0.243 e. The molecular weight excluding hydrogens is 264 g/mol. The molecule has 16 heavy (non-hydrogen) atoms. The number of hydrogen-bond acceptors (Lipinski definition) is 0. The van der Waals surface area contributed by atoms with Gasteiger partial charge in [0.1, 0.15) is 12.4 Å². The van der Waals surface area contributed by atoms with Crippen molar-refractivity contribution in [2.45, 2.75) is 65.5 Å². The predicted octanol–water partition coefficient (Wildman–Crippen LogP) is 0.160. The first-order chi connectivity index (χ1) is 7.36. The molecule has 94 valence electrons. The predicted molar refractivity (Wildman–Crippen MR) is 63.7 cm³/mol. The Morgan fingerprint density at radius 2 is 1.75 bits per heavy atom. The lowest BCUT2D eigenvalue weighted by Crippen LogP contribution is -3.00. The van der Waals surface area contributed by atoms with Gasteiger partial charge in [-0.1, -0.05) is 33.1 Å². The molecule has 1 aromatic heterocycles. The van der Waals surface area contributed by atoms with Crippen LogP contribution in [0.3, 0.4) is 0 Å². The molecule has 0 aliphatic carbocycles. The van der Waals surface area contributed by atoms with E-state index in [1.807, 2.05) is 0 Å². The summed E-state index contributed by atoms with van der Waals surface area (Å²) >= 11 is 0. The molecule has 0 amide bonds. The second-order valence-corrected chi connectivity index (χ2v) is 4.30. The van der Waals surface area contributed by atoms with Crippen LogP contribution in [0.15, 0.2) is 18.7 Å². The number of aryl methyl sites for hydroxylation is 2. The van der Waals surface area contributed by atoms with Gasteiger partial charge in [-0.25, -0.2) is 9.13 Å².